The molecule has 0 bridgehead atoms. The van der Waals surface area contributed by atoms with Crippen molar-refractivity contribution >= 4 is 17.5 Å². The summed E-state index contributed by atoms with van der Waals surface area (Å²) in [6.45, 7) is 4.75. The Morgan fingerprint density at radius 3 is 2.34 bits per heavy atom. The second kappa shape index (κ2) is 11.6. The fourth-order valence-electron chi connectivity index (χ4n) is 4.50. The van der Waals surface area contributed by atoms with Crippen LogP contribution in [0.3, 0.4) is 0 Å². The maximum absolute atomic E-state index is 13.9. The van der Waals surface area contributed by atoms with Gasteiger partial charge in [-0.25, -0.2) is 0 Å². The van der Waals surface area contributed by atoms with E-state index in [1.54, 1.807) is 24.3 Å². The molecule has 0 spiro atoms. The van der Waals surface area contributed by atoms with Gasteiger partial charge in [-0.1, -0.05) is 37.1 Å². The van der Waals surface area contributed by atoms with Crippen LogP contribution in [0.4, 0.5) is 5.69 Å². The molecule has 1 fully saturated rings. The molecule has 1 heterocycles. The number of carbonyl (C=O) groups is 2. The Bertz CT molecular complexity index is 1100. The summed E-state index contributed by atoms with van der Waals surface area (Å²) in [5.41, 5.74) is 1.16. The van der Waals surface area contributed by atoms with Crippen molar-refractivity contribution in [2.45, 2.75) is 51.6 Å². The summed E-state index contributed by atoms with van der Waals surface area (Å²) in [6.07, 6.45) is 5.49. The maximum atomic E-state index is 13.9. The lowest BCUT2D eigenvalue weighted by molar-refractivity contribution is -0.123. The number of furan rings is 1. The quantitative estimate of drug-likeness (QED) is 0.416. The lowest BCUT2D eigenvalue weighted by Gasteiger charge is -2.32. The molecule has 0 saturated heterocycles. The number of nitrogens with zero attached hydrogens (tertiary/aromatic N) is 1. The van der Waals surface area contributed by atoms with Gasteiger partial charge < -0.3 is 19.2 Å². The molecule has 7 heteroatoms. The number of ether oxygens (including phenoxy) is 2. The van der Waals surface area contributed by atoms with Gasteiger partial charge in [0.25, 0.3) is 5.91 Å². The standard InChI is InChI=1S/C28H32N2O5/c1-3-33-22-17-15-20(16-18-22)26(27(31)29-21-10-5-6-11-21)30(28(32)25-14-9-19-35-25)23-12-7-8-13-24(23)34-4-2/h7-9,12-19,21,26H,3-6,10-11H2,1-2H3,(H,29,31)/t26-/m1/s1. The van der Waals surface area contributed by atoms with Crippen LogP contribution in [-0.2, 0) is 4.79 Å². The molecule has 0 aliphatic heterocycles. The van der Waals surface area contributed by atoms with Crippen molar-refractivity contribution in [3.05, 3.63) is 78.3 Å². The Morgan fingerprint density at radius 2 is 1.69 bits per heavy atom. The number of benzene rings is 2. The number of carbonyl (C=O) groups excluding carboxylic acids is 2. The van der Waals surface area contributed by atoms with E-state index in [0.29, 0.717) is 36.0 Å². The second-order valence-corrected chi connectivity index (χ2v) is 8.45. The van der Waals surface area contributed by atoms with Gasteiger partial charge in [0.05, 0.1) is 25.2 Å². The van der Waals surface area contributed by atoms with Crippen LogP contribution in [0.1, 0.15) is 61.7 Å². The van der Waals surface area contributed by atoms with Crippen LogP contribution in [0.2, 0.25) is 0 Å². The molecule has 1 aromatic heterocycles. The predicted octanol–water partition coefficient (Wildman–Crippen LogP) is 5.52. The summed E-state index contributed by atoms with van der Waals surface area (Å²) in [7, 11) is 0. The van der Waals surface area contributed by atoms with Gasteiger partial charge in [0, 0.05) is 6.04 Å². The lowest BCUT2D eigenvalue weighted by atomic mass is 10.0. The van der Waals surface area contributed by atoms with Gasteiger partial charge in [0.15, 0.2) is 5.76 Å². The topological polar surface area (TPSA) is 81.0 Å². The molecule has 4 rings (SSSR count). The molecule has 0 radical (unpaired) electrons. The minimum atomic E-state index is -0.939. The van der Waals surface area contributed by atoms with Crippen molar-refractivity contribution in [1.82, 2.24) is 5.32 Å². The fraction of sp³-hybridized carbons (Fsp3) is 0.357. The van der Waals surface area contributed by atoms with E-state index < -0.39 is 11.9 Å². The van der Waals surface area contributed by atoms with E-state index in [9.17, 15) is 9.59 Å². The van der Waals surface area contributed by atoms with Crippen LogP contribution in [0, 0.1) is 0 Å². The number of nitrogens with one attached hydrogen (secondary N) is 1. The van der Waals surface area contributed by atoms with Crippen molar-refractivity contribution in [2.75, 3.05) is 18.1 Å². The highest BCUT2D eigenvalue weighted by Gasteiger charge is 2.37. The molecule has 7 nitrogen and oxygen atoms in total. The zero-order valence-corrected chi connectivity index (χ0v) is 20.2. The first kappa shape index (κ1) is 24.4. The second-order valence-electron chi connectivity index (χ2n) is 8.45. The highest BCUT2D eigenvalue weighted by Crippen LogP contribution is 2.37. The number of amides is 2. The fourth-order valence-corrected chi connectivity index (χ4v) is 4.50. The van der Waals surface area contributed by atoms with Gasteiger partial charge in [0.2, 0.25) is 5.91 Å². The molecule has 3 aromatic rings. The van der Waals surface area contributed by atoms with Gasteiger partial charge in [-0.2, -0.15) is 0 Å². The van der Waals surface area contributed by atoms with Crippen LogP contribution in [0.25, 0.3) is 0 Å². The summed E-state index contributed by atoms with van der Waals surface area (Å²) >= 11 is 0. The molecule has 1 saturated carbocycles. The third-order valence-corrected chi connectivity index (χ3v) is 6.09. The van der Waals surface area contributed by atoms with Crippen molar-refractivity contribution in [3.8, 4) is 11.5 Å². The number of rotatable bonds is 10. The third-order valence-electron chi connectivity index (χ3n) is 6.09. The van der Waals surface area contributed by atoms with Gasteiger partial charge in [-0.3, -0.25) is 14.5 Å². The molecule has 0 unspecified atom stereocenters. The monoisotopic (exact) mass is 476 g/mol. The molecule has 1 aliphatic carbocycles. The molecule has 1 N–H and O–H groups in total. The lowest BCUT2D eigenvalue weighted by Crippen LogP contribution is -2.46. The van der Waals surface area contributed by atoms with E-state index >= 15 is 0 Å². The van der Waals surface area contributed by atoms with Crippen molar-refractivity contribution in [3.63, 3.8) is 0 Å². The van der Waals surface area contributed by atoms with Gasteiger partial charge >= 0.3 is 0 Å². The van der Waals surface area contributed by atoms with E-state index in [1.807, 2.05) is 50.2 Å². The normalized spacial score (nSPS) is 14.3. The van der Waals surface area contributed by atoms with E-state index in [2.05, 4.69) is 5.32 Å². The van der Waals surface area contributed by atoms with E-state index in [0.717, 1.165) is 25.7 Å². The molecule has 184 valence electrons. The van der Waals surface area contributed by atoms with E-state index in [4.69, 9.17) is 13.9 Å². The Morgan fingerprint density at radius 1 is 0.971 bits per heavy atom. The Kier molecular flexibility index (Phi) is 8.08. The zero-order valence-electron chi connectivity index (χ0n) is 20.2. The minimum Gasteiger partial charge on any atom is -0.494 e. The van der Waals surface area contributed by atoms with E-state index in [1.165, 1.54) is 11.2 Å². The third kappa shape index (κ3) is 5.67. The van der Waals surface area contributed by atoms with Crippen molar-refractivity contribution in [1.29, 1.82) is 0 Å². The summed E-state index contributed by atoms with van der Waals surface area (Å²) in [4.78, 5) is 29.2. The molecular weight excluding hydrogens is 444 g/mol. The van der Waals surface area contributed by atoms with Crippen LogP contribution in [0.5, 0.6) is 11.5 Å². The first-order chi connectivity index (χ1) is 17.1. The van der Waals surface area contributed by atoms with Crippen LogP contribution < -0.4 is 19.7 Å². The molecule has 2 aromatic carbocycles. The Hall–Kier alpha value is -3.74. The summed E-state index contributed by atoms with van der Waals surface area (Å²) in [5.74, 6) is 0.681. The maximum Gasteiger partial charge on any atom is 0.295 e. The van der Waals surface area contributed by atoms with E-state index in [-0.39, 0.29) is 17.7 Å². The molecule has 35 heavy (non-hydrogen) atoms. The molecule has 1 atom stereocenters. The Labute approximate surface area is 206 Å². The van der Waals surface area contributed by atoms with Crippen molar-refractivity contribution in [2.24, 2.45) is 0 Å². The number of para-hydroxylation sites is 2. The predicted molar refractivity (Wildman–Crippen MR) is 134 cm³/mol. The molecular formula is C28H32N2O5. The number of hydrogen-bond donors (Lipinski definition) is 1. The zero-order chi connectivity index (χ0) is 24.6. The first-order valence-electron chi connectivity index (χ1n) is 12.2. The van der Waals surface area contributed by atoms with Crippen LogP contribution >= 0.6 is 0 Å². The van der Waals surface area contributed by atoms with Crippen LogP contribution in [0.15, 0.2) is 71.3 Å². The SMILES string of the molecule is CCOc1ccc([C@H](C(=O)NC2CCCC2)N(C(=O)c2ccco2)c2ccccc2OCC)cc1. The highest BCUT2D eigenvalue weighted by atomic mass is 16.5. The largest absolute Gasteiger partial charge is 0.494 e. The summed E-state index contributed by atoms with van der Waals surface area (Å²) < 4.78 is 16.9. The van der Waals surface area contributed by atoms with Gasteiger partial charge in [-0.05, 0) is 68.7 Å². The number of hydrogen-bond acceptors (Lipinski definition) is 5. The highest BCUT2D eigenvalue weighted by molar-refractivity contribution is 6.09. The first-order valence-corrected chi connectivity index (χ1v) is 12.2. The number of anilines is 1. The summed E-state index contributed by atoms with van der Waals surface area (Å²) in [5, 5.41) is 3.18. The van der Waals surface area contributed by atoms with Crippen molar-refractivity contribution < 1.29 is 23.5 Å². The minimum absolute atomic E-state index is 0.0930. The molecule has 1 aliphatic rings. The Balaban J connectivity index is 1.82. The molecule has 2 amide bonds. The summed E-state index contributed by atoms with van der Waals surface area (Å²) in [6, 6.07) is 17.0. The smallest absolute Gasteiger partial charge is 0.295 e. The average molecular weight is 477 g/mol. The van der Waals surface area contributed by atoms with Gasteiger partial charge in [0.1, 0.15) is 17.5 Å². The van der Waals surface area contributed by atoms with Gasteiger partial charge in [-0.15, -0.1) is 0 Å². The average Bonchev–Trinajstić information content (AvgIpc) is 3.59. The van der Waals surface area contributed by atoms with Crippen LogP contribution in [-0.4, -0.2) is 31.1 Å².